The van der Waals surface area contributed by atoms with Crippen molar-refractivity contribution in [2.24, 2.45) is 0 Å². The zero-order valence-electron chi connectivity index (χ0n) is 7.87. The first-order valence-electron chi connectivity index (χ1n) is 4.52. The number of ketones is 1. The molecule has 0 N–H and O–H groups in total. The van der Waals surface area contributed by atoms with E-state index in [-0.39, 0.29) is 5.78 Å². The van der Waals surface area contributed by atoms with Crippen LogP contribution >= 0.6 is 0 Å². The average molecular weight is 172 g/mol. The summed E-state index contributed by atoms with van der Waals surface area (Å²) in [6.45, 7) is 3.75. The zero-order valence-corrected chi connectivity index (χ0v) is 7.87. The van der Waals surface area contributed by atoms with Crippen molar-refractivity contribution in [3.05, 3.63) is 41.0 Å². The van der Waals surface area contributed by atoms with E-state index < -0.39 is 0 Å². The van der Waals surface area contributed by atoms with E-state index in [4.69, 9.17) is 0 Å². The summed E-state index contributed by atoms with van der Waals surface area (Å²) in [6, 6.07) is 5.91. The Hall–Kier alpha value is -1.37. The molecule has 66 valence electrons. The summed E-state index contributed by atoms with van der Waals surface area (Å²) in [6.07, 6.45) is 4.23. The first-order valence-corrected chi connectivity index (χ1v) is 4.52. The molecule has 1 aromatic rings. The second kappa shape index (κ2) is 2.84. The minimum absolute atomic E-state index is 0.160. The molecule has 0 amide bonds. The highest BCUT2D eigenvalue weighted by atomic mass is 16.1. The van der Waals surface area contributed by atoms with Crippen LogP contribution in [-0.2, 0) is 0 Å². The van der Waals surface area contributed by atoms with Gasteiger partial charge in [0.05, 0.1) is 0 Å². The van der Waals surface area contributed by atoms with E-state index >= 15 is 0 Å². The highest BCUT2D eigenvalue weighted by Crippen LogP contribution is 2.32. The second-order valence-corrected chi connectivity index (χ2v) is 3.51. The molecule has 1 aliphatic carbocycles. The number of carbonyl (C=O) groups excluding carboxylic acids is 1. The largest absolute Gasteiger partial charge is 0.295 e. The highest BCUT2D eigenvalue weighted by Gasteiger charge is 2.18. The third kappa shape index (κ3) is 1.21. The Morgan fingerprint density at radius 2 is 2.15 bits per heavy atom. The normalized spacial score (nSPS) is 18.8. The molecule has 1 heteroatoms. The molecule has 1 nitrogen and oxygen atoms in total. The molecule has 1 atom stereocenters. The maximum absolute atomic E-state index is 11.3. The maximum atomic E-state index is 11.3. The molecule has 0 spiro atoms. The standard InChI is InChI=1S/C12H12O/c1-8-6-7-10-4-3-5-11(9(2)13)12(8)10/h3-8H,1-2H3. The Bertz CT molecular complexity index is 388. The molecule has 0 aliphatic heterocycles. The molecule has 0 saturated heterocycles. The van der Waals surface area contributed by atoms with Gasteiger partial charge in [0.1, 0.15) is 0 Å². The van der Waals surface area contributed by atoms with Crippen LogP contribution in [0.4, 0.5) is 0 Å². The third-order valence-electron chi connectivity index (χ3n) is 2.54. The molecule has 2 rings (SSSR count). The monoisotopic (exact) mass is 172 g/mol. The van der Waals surface area contributed by atoms with Gasteiger partial charge in [0.15, 0.2) is 5.78 Å². The van der Waals surface area contributed by atoms with E-state index in [1.54, 1.807) is 6.92 Å². The fraction of sp³-hybridized carbons (Fsp3) is 0.250. The molecule has 0 radical (unpaired) electrons. The van der Waals surface area contributed by atoms with Crippen molar-refractivity contribution in [3.63, 3.8) is 0 Å². The molecule has 1 aromatic carbocycles. The number of hydrogen-bond donors (Lipinski definition) is 0. The second-order valence-electron chi connectivity index (χ2n) is 3.51. The number of fused-ring (bicyclic) bond motifs is 1. The van der Waals surface area contributed by atoms with Crippen LogP contribution in [-0.4, -0.2) is 5.78 Å². The summed E-state index contributed by atoms with van der Waals surface area (Å²) in [5, 5.41) is 0. The Labute approximate surface area is 78.1 Å². The molecule has 1 unspecified atom stereocenters. The van der Waals surface area contributed by atoms with E-state index in [1.807, 2.05) is 12.1 Å². The lowest BCUT2D eigenvalue weighted by Crippen LogP contribution is -2.00. The van der Waals surface area contributed by atoms with E-state index in [0.717, 1.165) is 5.56 Å². The summed E-state index contributed by atoms with van der Waals surface area (Å²) in [5.74, 6) is 0.544. The van der Waals surface area contributed by atoms with Gasteiger partial charge in [-0.2, -0.15) is 0 Å². The molecule has 0 fully saturated rings. The van der Waals surface area contributed by atoms with E-state index in [9.17, 15) is 4.79 Å². The van der Waals surface area contributed by atoms with E-state index in [2.05, 4.69) is 25.1 Å². The molecular weight excluding hydrogens is 160 g/mol. The van der Waals surface area contributed by atoms with Crippen LogP contribution < -0.4 is 0 Å². The van der Waals surface area contributed by atoms with Crippen molar-refractivity contribution in [1.82, 2.24) is 0 Å². The minimum atomic E-state index is 0.160. The van der Waals surface area contributed by atoms with Crippen LogP contribution in [0, 0.1) is 0 Å². The Morgan fingerprint density at radius 3 is 2.85 bits per heavy atom. The Kier molecular flexibility index (Phi) is 1.80. The molecule has 0 heterocycles. The Balaban J connectivity index is 2.64. The highest BCUT2D eigenvalue weighted by molar-refractivity contribution is 5.97. The van der Waals surface area contributed by atoms with Crippen LogP contribution in [0.5, 0.6) is 0 Å². The van der Waals surface area contributed by atoms with Crippen molar-refractivity contribution < 1.29 is 4.79 Å². The maximum Gasteiger partial charge on any atom is 0.160 e. The molecule has 0 aromatic heterocycles. The molecular formula is C12H12O. The van der Waals surface area contributed by atoms with Crippen LogP contribution in [0.15, 0.2) is 24.3 Å². The number of allylic oxidation sites excluding steroid dienone is 1. The number of carbonyl (C=O) groups is 1. The lowest BCUT2D eigenvalue weighted by Gasteiger charge is -2.09. The predicted octanol–water partition coefficient (Wildman–Crippen LogP) is 3.02. The smallest absolute Gasteiger partial charge is 0.160 e. The minimum Gasteiger partial charge on any atom is -0.295 e. The van der Waals surface area contributed by atoms with E-state index in [1.165, 1.54) is 11.1 Å². The summed E-state index contributed by atoms with van der Waals surface area (Å²) < 4.78 is 0. The number of hydrogen-bond acceptors (Lipinski definition) is 1. The van der Waals surface area contributed by atoms with Gasteiger partial charge in [-0.1, -0.05) is 37.3 Å². The van der Waals surface area contributed by atoms with Gasteiger partial charge in [0.2, 0.25) is 0 Å². The molecule has 13 heavy (non-hydrogen) atoms. The number of Topliss-reactive ketones (excluding diaryl/α,β-unsaturated/α-hetero) is 1. The van der Waals surface area contributed by atoms with Gasteiger partial charge in [-0.05, 0) is 18.1 Å². The molecule has 0 bridgehead atoms. The summed E-state index contributed by atoms with van der Waals surface area (Å²) in [4.78, 5) is 11.3. The van der Waals surface area contributed by atoms with Crippen LogP contribution in [0.2, 0.25) is 0 Å². The SMILES string of the molecule is CC(=O)c1cccc2c1C(C)C=C2. The van der Waals surface area contributed by atoms with Crippen LogP contribution in [0.3, 0.4) is 0 Å². The summed E-state index contributed by atoms with van der Waals surface area (Å²) >= 11 is 0. The fourth-order valence-electron chi connectivity index (χ4n) is 1.89. The first-order chi connectivity index (χ1) is 6.20. The van der Waals surface area contributed by atoms with Gasteiger partial charge in [-0.3, -0.25) is 4.79 Å². The van der Waals surface area contributed by atoms with Crippen molar-refractivity contribution >= 4 is 11.9 Å². The van der Waals surface area contributed by atoms with Crippen LogP contribution in [0.25, 0.3) is 6.08 Å². The van der Waals surface area contributed by atoms with Crippen molar-refractivity contribution in [1.29, 1.82) is 0 Å². The third-order valence-corrected chi connectivity index (χ3v) is 2.54. The van der Waals surface area contributed by atoms with Gasteiger partial charge in [-0.25, -0.2) is 0 Å². The lowest BCUT2D eigenvalue weighted by atomic mass is 9.94. The number of benzene rings is 1. The number of rotatable bonds is 1. The van der Waals surface area contributed by atoms with Gasteiger partial charge in [-0.15, -0.1) is 0 Å². The average Bonchev–Trinajstić information content (AvgIpc) is 2.48. The zero-order chi connectivity index (χ0) is 9.42. The fourth-order valence-corrected chi connectivity index (χ4v) is 1.89. The van der Waals surface area contributed by atoms with Crippen molar-refractivity contribution in [2.45, 2.75) is 19.8 Å². The predicted molar refractivity (Wildman–Crippen MR) is 53.9 cm³/mol. The topological polar surface area (TPSA) is 17.1 Å². The van der Waals surface area contributed by atoms with Crippen molar-refractivity contribution in [3.8, 4) is 0 Å². The van der Waals surface area contributed by atoms with Crippen LogP contribution in [0.1, 0.15) is 41.3 Å². The summed E-state index contributed by atoms with van der Waals surface area (Å²) in [7, 11) is 0. The molecule has 0 saturated carbocycles. The van der Waals surface area contributed by atoms with Crippen molar-refractivity contribution in [2.75, 3.05) is 0 Å². The van der Waals surface area contributed by atoms with Gasteiger partial charge in [0.25, 0.3) is 0 Å². The first kappa shape index (κ1) is 8.24. The van der Waals surface area contributed by atoms with Gasteiger partial charge < -0.3 is 0 Å². The molecule has 1 aliphatic rings. The summed E-state index contributed by atoms with van der Waals surface area (Å²) in [5.41, 5.74) is 3.25. The van der Waals surface area contributed by atoms with Gasteiger partial charge in [0, 0.05) is 11.5 Å². The van der Waals surface area contributed by atoms with Gasteiger partial charge >= 0.3 is 0 Å². The quantitative estimate of drug-likeness (QED) is 0.595. The lowest BCUT2D eigenvalue weighted by molar-refractivity contribution is 0.101. The Morgan fingerprint density at radius 1 is 1.38 bits per heavy atom. The van der Waals surface area contributed by atoms with E-state index in [0.29, 0.717) is 5.92 Å².